The average Bonchev–Trinajstić information content (AvgIpc) is 2.74. The van der Waals surface area contributed by atoms with Crippen molar-refractivity contribution in [2.75, 3.05) is 7.11 Å². The lowest BCUT2D eigenvalue weighted by Gasteiger charge is -1.91. The SMILES string of the molecule is Brc1ccccc1.CC1CCCC1.CO. The van der Waals surface area contributed by atoms with Gasteiger partial charge in [0.05, 0.1) is 0 Å². The molecule has 1 N–H and O–H groups in total. The highest BCUT2D eigenvalue weighted by molar-refractivity contribution is 9.10. The summed E-state index contributed by atoms with van der Waals surface area (Å²) in [5.74, 6) is 1.05. The molecule has 0 atom stereocenters. The molecule has 0 aliphatic heterocycles. The molecular weight excluding hydrogens is 252 g/mol. The van der Waals surface area contributed by atoms with Gasteiger partial charge in [0, 0.05) is 11.6 Å². The van der Waals surface area contributed by atoms with E-state index >= 15 is 0 Å². The lowest BCUT2D eigenvalue weighted by Crippen LogP contribution is -1.78. The molecule has 1 aromatic carbocycles. The second-order valence-electron chi connectivity index (χ2n) is 3.69. The van der Waals surface area contributed by atoms with E-state index < -0.39 is 0 Å². The first-order chi connectivity index (χ1) is 7.29. The van der Waals surface area contributed by atoms with Crippen LogP contribution in [0.2, 0.25) is 0 Å². The van der Waals surface area contributed by atoms with Gasteiger partial charge >= 0.3 is 0 Å². The molecule has 0 bridgehead atoms. The van der Waals surface area contributed by atoms with Crippen LogP contribution in [0, 0.1) is 5.92 Å². The first kappa shape index (κ1) is 14.7. The van der Waals surface area contributed by atoms with Crippen molar-refractivity contribution in [2.45, 2.75) is 32.6 Å². The van der Waals surface area contributed by atoms with Crippen molar-refractivity contribution in [3.8, 4) is 0 Å². The normalized spacial score (nSPS) is 14.7. The maximum absolute atomic E-state index is 7.00. The molecule has 0 amide bonds. The number of hydrogen-bond donors (Lipinski definition) is 1. The Labute approximate surface area is 102 Å². The largest absolute Gasteiger partial charge is 0.400 e. The van der Waals surface area contributed by atoms with Crippen molar-refractivity contribution >= 4 is 15.9 Å². The van der Waals surface area contributed by atoms with Gasteiger partial charge in [-0.3, -0.25) is 0 Å². The summed E-state index contributed by atoms with van der Waals surface area (Å²) < 4.78 is 1.13. The van der Waals surface area contributed by atoms with Crippen molar-refractivity contribution < 1.29 is 5.11 Å². The highest BCUT2D eigenvalue weighted by atomic mass is 79.9. The number of rotatable bonds is 0. The predicted molar refractivity (Wildman–Crippen MR) is 69.9 cm³/mol. The molecule has 1 aromatic rings. The predicted octanol–water partition coefficient (Wildman–Crippen LogP) is 4.25. The van der Waals surface area contributed by atoms with Crippen LogP contribution in [0.25, 0.3) is 0 Å². The van der Waals surface area contributed by atoms with Gasteiger partial charge in [-0.05, 0) is 18.1 Å². The molecule has 0 spiro atoms. The van der Waals surface area contributed by atoms with Gasteiger partial charge in [-0.1, -0.05) is 66.7 Å². The highest BCUT2D eigenvalue weighted by Gasteiger charge is 2.07. The molecule has 0 radical (unpaired) electrons. The van der Waals surface area contributed by atoms with Crippen LogP contribution in [-0.2, 0) is 0 Å². The van der Waals surface area contributed by atoms with Crippen LogP contribution in [0.5, 0.6) is 0 Å². The maximum atomic E-state index is 7.00. The van der Waals surface area contributed by atoms with Gasteiger partial charge in [0.2, 0.25) is 0 Å². The molecular formula is C13H21BrO. The van der Waals surface area contributed by atoms with E-state index in [2.05, 4.69) is 22.9 Å². The molecule has 0 aromatic heterocycles. The Morgan fingerprint density at radius 1 is 1.07 bits per heavy atom. The van der Waals surface area contributed by atoms with Gasteiger partial charge in [0.25, 0.3) is 0 Å². The Bertz CT molecular complexity index is 217. The molecule has 86 valence electrons. The minimum Gasteiger partial charge on any atom is -0.400 e. The summed E-state index contributed by atoms with van der Waals surface area (Å²) >= 11 is 3.31. The summed E-state index contributed by atoms with van der Waals surface area (Å²) in [6.07, 6.45) is 5.95. The van der Waals surface area contributed by atoms with Gasteiger partial charge in [0.1, 0.15) is 0 Å². The van der Waals surface area contributed by atoms with Crippen molar-refractivity contribution in [3.05, 3.63) is 34.8 Å². The van der Waals surface area contributed by atoms with E-state index in [1.807, 2.05) is 30.3 Å². The molecule has 0 saturated heterocycles. The quantitative estimate of drug-likeness (QED) is 0.749. The zero-order chi connectivity index (χ0) is 11.5. The van der Waals surface area contributed by atoms with Crippen LogP contribution in [-0.4, -0.2) is 12.2 Å². The fourth-order valence-electron chi connectivity index (χ4n) is 1.54. The summed E-state index contributed by atoms with van der Waals surface area (Å²) in [5, 5.41) is 7.00. The van der Waals surface area contributed by atoms with E-state index in [1.54, 1.807) is 0 Å². The molecule has 0 heterocycles. The van der Waals surface area contributed by atoms with Crippen molar-refractivity contribution in [1.29, 1.82) is 0 Å². The van der Waals surface area contributed by atoms with Gasteiger partial charge in [-0.2, -0.15) is 0 Å². The lowest BCUT2D eigenvalue weighted by molar-refractivity contribution is 0.399. The van der Waals surface area contributed by atoms with Crippen molar-refractivity contribution in [1.82, 2.24) is 0 Å². The summed E-state index contributed by atoms with van der Waals surface area (Å²) in [5.41, 5.74) is 0. The first-order valence-corrected chi connectivity index (χ1v) is 6.23. The van der Waals surface area contributed by atoms with Crippen LogP contribution in [0.15, 0.2) is 34.8 Å². The third-order valence-corrected chi connectivity index (χ3v) is 2.91. The topological polar surface area (TPSA) is 20.2 Å². The minimum absolute atomic E-state index is 1.00. The van der Waals surface area contributed by atoms with Gasteiger partial charge in [0.15, 0.2) is 0 Å². The zero-order valence-corrected chi connectivity index (χ0v) is 11.2. The number of halogens is 1. The molecule has 1 nitrogen and oxygen atoms in total. The second-order valence-corrected chi connectivity index (χ2v) is 4.60. The first-order valence-electron chi connectivity index (χ1n) is 5.44. The molecule has 0 unspecified atom stereocenters. The maximum Gasteiger partial charge on any atom is 0.0319 e. The van der Waals surface area contributed by atoms with Gasteiger partial charge < -0.3 is 5.11 Å². The van der Waals surface area contributed by atoms with Gasteiger partial charge in [-0.25, -0.2) is 0 Å². The third-order valence-electron chi connectivity index (χ3n) is 2.38. The lowest BCUT2D eigenvalue weighted by atomic mass is 10.2. The van der Waals surface area contributed by atoms with Crippen LogP contribution in [0.1, 0.15) is 32.6 Å². The summed E-state index contributed by atoms with van der Waals surface area (Å²) in [7, 11) is 1.00. The third kappa shape index (κ3) is 8.64. The summed E-state index contributed by atoms with van der Waals surface area (Å²) in [6.45, 7) is 2.34. The summed E-state index contributed by atoms with van der Waals surface area (Å²) in [6, 6.07) is 9.97. The average molecular weight is 273 g/mol. The monoisotopic (exact) mass is 272 g/mol. The van der Waals surface area contributed by atoms with Gasteiger partial charge in [-0.15, -0.1) is 0 Å². The van der Waals surface area contributed by atoms with E-state index in [1.165, 1.54) is 25.7 Å². The van der Waals surface area contributed by atoms with Crippen molar-refractivity contribution in [3.63, 3.8) is 0 Å². The molecule has 15 heavy (non-hydrogen) atoms. The molecule has 1 aliphatic rings. The molecule has 2 rings (SSSR count). The second kappa shape index (κ2) is 10.2. The zero-order valence-electron chi connectivity index (χ0n) is 9.62. The number of aliphatic hydroxyl groups is 1. The fraction of sp³-hybridized carbons (Fsp3) is 0.538. The van der Waals surface area contributed by atoms with E-state index in [0.717, 1.165) is 17.5 Å². The van der Waals surface area contributed by atoms with E-state index in [4.69, 9.17) is 5.11 Å². The fourth-order valence-corrected chi connectivity index (χ4v) is 1.85. The van der Waals surface area contributed by atoms with Crippen molar-refractivity contribution in [2.24, 2.45) is 5.92 Å². The van der Waals surface area contributed by atoms with Crippen LogP contribution in [0.4, 0.5) is 0 Å². The standard InChI is InChI=1S/C6H5Br.C6H12.CH4O/c7-6-4-2-1-3-5-6;1-6-4-2-3-5-6;1-2/h1-5H;6H,2-5H2,1H3;2H,1H3. The van der Waals surface area contributed by atoms with E-state index in [0.29, 0.717) is 0 Å². The Kier molecular flexibility index (Phi) is 9.96. The van der Waals surface area contributed by atoms with Crippen LogP contribution < -0.4 is 0 Å². The molecule has 1 fully saturated rings. The Morgan fingerprint density at radius 3 is 1.73 bits per heavy atom. The van der Waals surface area contributed by atoms with Crippen LogP contribution in [0.3, 0.4) is 0 Å². The Morgan fingerprint density at radius 2 is 1.53 bits per heavy atom. The number of benzene rings is 1. The highest BCUT2D eigenvalue weighted by Crippen LogP contribution is 2.22. The van der Waals surface area contributed by atoms with Crippen LogP contribution >= 0.6 is 15.9 Å². The Hall–Kier alpha value is -0.340. The number of hydrogen-bond acceptors (Lipinski definition) is 1. The summed E-state index contributed by atoms with van der Waals surface area (Å²) in [4.78, 5) is 0. The smallest absolute Gasteiger partial charge is 0.0319 e. The molecule has 2 heteroatoms. The molecule has 1 saturated carbocycles. The minimum atomic E-state index is 1.00. The number of aliphatic hydroxyl groups excluding tert-OH is 1. The Balaban J connectivity index is 0.000000227. The van der Waals surface area contributed by atoms with E-state index in [-0.39, 0.29) is 0 Å². The molecule has 1 aliphatic carbocycles. The van der Waals surface area contributed by atoms with E-state index in [9.17, 15) is 0 Å².